The average molecular weight is 372 g/mol. The first-order valence-corrected chi connectivity index (χ1v) is 6.99. The van der Waals surface area contributed by atoms with Gasteiger partial charge in [-0.2, -0.15) is 0 Å². The molecule has 0 unspecified atom stereocenters. The van der Waals surface area contributed by atoms with Crippen molar-refractivity contribution in [1.82, 2.24) is 0 Å². The zero-order valence-corrected chi connectivity index (χ0v) is 12.6. The van der Waals surface area contributed by atoms with Crippen molar-refractivity contribution < 1.29 is 14.2 Å². The van der Waals surface area contributed by atoms with Gasteiger partial charge in [0.1, 0.15) is 18.2 Å². The maximum atomic E-state index is 13.2. The first kappa shape index (κ1) is 14.3. The van der Waals surface area contributed by atoms with E-state index in [1.807, 2.05) is 24.3 Å². The molecule has 0 bridgehead atoms. The molecule has 0 aliphatic rings. The van der Waals surface area contributed by atoms with Gasteiger partial charge in [-0.1, -0.05) is 12.1 Å². The summed E-state index contributed by atoms with van der Waals surface area (Å²) in [6.45, 7) is 1.98. The number of hydrogen-bond acceptors (Lipinski definition) is 2. The van der Waals surface area contributed by atoms with E-state index >= 15 is 0 Å². The maximum absolute atomic E-state index is 13.2. The van der Waals surface area contributed by atoms with E-state index in [9.17, 15) is 9.50 Å². The summed E-state index contributed by atoms with van der Waals surface area (Å²) in [5, 5.41) is 9.63. The van der Waals surface area contributed by atoms with Crippen molar-refractivity contribution in [3.8, 4) is 5.75 Å². The second-order valence-corrected chi connectivity index (χ2v) is 5.52. The third-order valence-electron chi connectivity index (χ3n) is 2.73. The van der Waals surface area contributed by atoms with Crippen LogP contribution in [0.5, 0.6) is 5.75 Å². The highest BCUT2D eigenvalue weighted by Crippen LogP contribution is 2.26. The van der Waals surface area contributed by atoms with Crippen LogP contribution in [0.2, 0.25) is 0 Å². The predicted octanol–water partition coefficient (Wildman–Crippen LogP) is 4.06. The molecular weight excluding hydrogens is 358 g/mol. The third-order valence-corrected chi connectivity index (χ3v) is 3.45. The first-order chi connectivity index (χ1) is 9.06. The lowest BCUT2D eigenvalue weighted by molar-refractivity contribution is 0.190. The van der Waals surface area contributed by atoms with Crippen LogP contribution in [0.15, 0.2) is 42.5 Å². The van der Waals surface area contributed by atoms with Gasteiger partial charge < -0.3 is 9.84 Å². The number of aliphatic hydroxyl groups excluding tert-OH is 1. The number of aliphatic hydroxyl groups is 1. The Balaban J connectivity index is 2.14. The van der Waals surface area contributed by atoms with Gasteiger partial charge >= 0.3 is 0 Å². The SMILES string of the molecule is C[C@H](O)c1ccc(F)cc1OCc1ccc(I)cc1. The Labute approximate surface area is 125 Å². The Kier molecular flexibility index (Phi) is 4.76. The van der Waals surface area contributed by atoms with Crippen LogP contribution in [0.25, 0.3) is 0 Å². The molecule has 0 spiro atoms. The van der Waals surface area contributed by atoms with Gasteiger partial charge in [0, 0.05) is 15.2 Å². The van der Waals surface area contributed by atoms with Crippen LogP contribution < -0.4 is 4.74 Å². The molecule has 0 aliphatic heterocycles. The van der Waals surface area contributed by atoms with Gasteiger partial charge in [-0.15, -0.1) is 0 Å². The highest BCUT2D eigenvalue weighted by atomic mass is 127. The summed E-state index contributed by atoms with van der Waals surface area (Å²) in [6.07, 6.45) is -0.688. The topological polar surface area (TPSA) is 29.5 Å². The standard InChI is InChI=1S/C15H14FIO2/c1-10(18)14-7-4-12(16)8-15(14)19-9-11-2-5-13(17)6-3-11/h2-8,10,18H,9H2,1H3/t10-/m0/s1. The zero-order chi connectivity index (χ0) is 13.8. The molecule has 1 N–H and O–H groups in total. The molecular formula is C15H14FIO2. The Morgan fingerprint density at radius 1 is 1.21 bits per heavy atom. The summed E-state index contributed by atoms with van der Waals surface area (Å²) in [6, 6.07) is 12.1. The molecule has 19 heavy (non-hydrogen) atoms. The lowest BCUT2D eigenvalue weighted by Crippen LogP contribution is -2.01. The minimum Gasteiger partial charge on any atom is -0.488 e. The smallest absolute Gasteiger partial charge is 0.128 e. The lowest BCUT2D eigenvalue weighted by Gasteiger charge is -2.13. The fraction of sp³-hybridized carbons (Fsp3) is 0.200. The summed E-state index contributed by atoms with van der Waals surface area (Å²) in [4.78, 5) is 0. The quantitative estimate of drug-likeness (QED) is 0.821. The van der Waals surface area contributed by atoms with Crippen LogP contribution in [0, 0.1) is 9.39 Å². The molecule has 100 valence electrons. The van der Waals surface area contributed by atoms with Gasteiger partial charge in [0.05, 0.1) is 6.10 Å². The Bertz CT molecular complexity index is 553. The van der Waals surface area contributed by atoms with E-state index in [-0.39, 0.29) is 5.82 Å². The minimum atomic E-state index is -0.688. The minimum absolute atomic E-state index is 0.347. The fourth-order valence-corrected chi connectivity index (χ4v) is 2.08. The second kappa shape index (κ2) is 6.34. The molecule has 0 fully saturated rings. The molecule has 4 heteroatoms. The summed E-state index contributed by atoms with van der Waals surface area (Å²) in [5.41, 5.74) is 1.59. The van der Waals surface area contributed by atoms with Crippen molar-refractivity contribution in [2.45, 2.75) is 19.6 Å². The van der Waals surface area contributed by atoms with Gasteiger partial charge in [0.15, 0.2) is 0 Å². The number of halogens is 2. The number of rotatable bonds is 4. The van der Waals surface area contributed by atoms with E-state index in [1.165, 1.54) is 12.1 Å². The first-order valence-electron chi connectivity index (χ1n) is 5.91. The fourth-order valence-electron chi connectivity index (χ4n) is 1.72. The van der Waals surface area contributed by atoms with Crippen molar-refractivity contribution >= 4 is 22.6 Å². The van der Waals surface area contributed by atoms with E-state index in [0.29, 0.717) is 17.9 Å². The van der Waals surface area contributed by atoms with E-state index in [4.69, 9.17) is 4.74 Å². The Morgan fingerprint density at radius 2 is 1.89 bits per heavy atom. The monoisotopic (exact) mass is 372 g/mol. The van der Waals surface area contributed by atoms with Crippen LogP contribution in [0.3, 0.4) is 0 Å². The predicted molar refractivity (Wildman–Crippen MR) is 80.5 cm³/mol. The molecule has 0 saturated carbocycles. The van der Waals surface area contributed by atoms with Crippen molar-refractivity contribution in [2.24, 2.45) is 0 Å². The van der Waals surface area contributed by atoms with Gasteiger partial charge in [-0.05, 0) is 59.3 Å². The van der Waals surface area contributed by atoms with Crippen LogP contribution in [-0.2, 0) is 6.61 Å². The van der Waals surface area contributed by atoms with Crippen LogP contribution in [0.1, 0.15) is 24.2 Å². The molecule has 2 aromatic rings. The average Bonchev–Trinajstić information content (AvgIpc) is 2.38. The molecule has 2 nitrogen and oxygen atoms in total. The molecule has 0 aromatic heterocycles. The van der Waals surface area contributed by atoms with E-state index < -0.39 is 6.10 Å². The van der Waals surface area contributed by atoms with Gasteiger partial charge in [0.25, 0.3) is 0 Å². The van der Waals surface area contributed by atoms with E-state index in [2.05, 4.69) is 22.6 Å². The molecule has 0 radical (unpaired) electrons. The van der Waals surface area contributed by atoms with Crippen LogP contribution in [-0.4, -0.2) is 5.11 Å². The summed E-state index contributed by atoms with van der Waals surface area (Å²) in [5.74, 6) is 0.00978. The van der Waals surface area contributed by atoms with Crippen LogP contribution >= 0.6 is 22.6 Å². The Hall–Kier alpha value is -1.14. The number of ether oxygens (including phenoxy) is 1. The molecule has 1 atom stereocenters. The highest BCUT2D eigenvalue weighted by molar-refractivity contribution is 14.1. The van der Waals surface area contributed by atoms with Crippen molar-refractivity contribution in [2.75, 3.05) is 0 Å². The number of benzene rings is 2. The summed E-state index contributed by atoms with van der Waals surface area (Å²) >= 11 is 2.23. The van der Waals surface area contributed by atoms with Gasteiger partial charge in [-0.25, -0.2) is 4.39 Å². The number of hydrogen-bond donors (Lipinski definition) is 1. The Morgan fingerprint density at radius 3 is 2.53 bits per heavy atom. The van der Waals surface area contributed by atoms with Gasteiger partial charge in [0.2, 0.25) is 0 Å². The molecule has 0 amide bonds. The van der Waals surface area contributed by atoms with Crippen molar-refractivity contribution in [3.05, 3.63) is 63.0 Å². The molecule has 0 aliphatic carbocycles. The zero-order valence-electron chi connectivity index (χ0n) is 10.4. The van der Waals surface area contributed by atoms with Crippen molar-refractivity contribution in [3.63, 3.8) is 0 Å². The lowest BCUT2D eigenvalue weighted by atomic mass is 10.1. The summed E-state index contributed by atoms with van der Waals surface area (Å²) < 4.78 is 20.0. The maximum Gasteiger partial charge on any atom is 0.128 e. The van der Waals surface area contributed by atoms with Gasteiger partial charge in [-0.3, -0.25) is 0 Å². The van der Waals surface area contributed by atoms with E-state index in [0.717, 1.165) is 9.13 Å². The largest absolute Gasteiger partial charge is 0.488 e. The summed E-state index contributed by atoms with van der Waals surface area (Å²) in [7, 11) is 0. The molecule has 0 saturated heterocycles. The van der Waals surface area contributed by atoms with Crippen LogP contribution in [0.4, 0.5) is 4.39 Å². The molecule has 2 aromatic carbocycles. The third kappa shape index (κ3) is 3.91. The second-order valence-electron chi connectivity index (χ2n) is 4.27. The molecule has 2 rings (SSSR count). The van der Waals surface area contributed by atoms with Crippen molar-refractivity contribution in [1.29, 1.82) is 0 Å². The van der Waals surface area contributed by atoms with E-state index in [1.54, 1.807) is 13.0 Å². The molecule has 0 heterocycles. The normalized spacial score (nSPS) is 12.2. The highest BCUT2D eigenvalue weighted by Gasteiger charge is 2.10.